The molecule has 3 rings (SSSR count). The Labute approximate surface area is 162 Å². The topological polar surface area (TPSA) is 71.7 Å². The van der Waals surface area contributed by atoms with Gasteiger partial charge in [0.2, 0.25) is 5.89 Å². The zero-order chi connectivity index (χ0) is 19.4. The number of carbonyl (C=O) groups excluding carboxylic acids is 1. The Morgan fingerprint density at radius 1 is 1.26 bits per heavy atom. The molecule has 0 aliphatic heterocycles. The van der Waals surface area contributed by atoms with Crippen molar-refractivity contribution in [3.63, 3.8) is 0 Å². The summed E-state index contributed by atoms with van der Waals surface area (Å²) in [5.41, 5.74) is 1.22. The van der Waals surface area contributed by atoms with Gasteiger partial charge in [0.25, 0.3) is 5.91 Å². The number of hydrogen-bond donors (Lipinski definition) is 0. The van der Waals surface area contributed by atoms with Crippen molar-refractivity contribution in [2.45, 2.75) is 20.5 Å². The summed E-state index contributed by atoms with van der Waals surface area (Å²) in [6, 6.07) is 5.78. The predicted octanol–water partition coefficient (Wildman–Crippen LogP) is 3.20. The highest BCUT2D eigenvalue weighted by molar-refractivity contribution is 7.18. The summed E-state index contributed by atoms with van der Waals surface area (Å²) in [5.74, 6) is 0.935. The van der Waals surface area contributed by atoms with E-state index < -0.39 is 0 Å². The van der Waals surface area contributed by atoms with Gasteiger partial charge < -0.3 is 19.0 Å². The number of amides is 1. The first-order valence-corrected chi connectivity index (χ1v) is 9.66. The van der Waals surface area contributed by atoms with Crippen LogP contribution in [0.25, 0.3) is 10.2 Å². The normalized spacial score (nSPS) is 11.3. The van der Waals surface area contributed by atoms with Gasteiger partial charge in [0.05, 0.1) is 15.2 Å². The maximum Gasteiger partial charge on any atom is 0.275 e. The van der Waals surface area contributed by atoms with Crippen molar-refractivity contribution in [3.8, 4) is 5.75 Å². The molecule has 0 aliphatic carbocycles. The van der Waals surface area contributed by atoms with Gasteiger partial charge in [-0.05, 0) is 40.1 Å². The van der Waals surface area contributed by atoms with Crippen LogP contribution in [0.1, 0.15) is 28.3 Å². The number of hydrogen-bond acceptors (Lipinski definition) is 7. The van der Waals surface area contributed by atoms with E-state index >= 15 is 0 Å². The van der Waals surface area contributed by atoms with Gasteiger partial charge in [0.1, 0.15) is 12.0 Å². The number of ether oxygens (including phenoxy) is 1. The molecule has 0 spiro atoms. The third kappa shape index (κ3) is 4.84. The quantitative estimate of drug-likeness (QED) is 0.590. The van der Waals surface area contributed by atoms with Gasteiger partial charge in [-0.3, -0.25) is 4.79 Å². The molecule has 0 radical (unpaired) electrons. The Bertz CT molecular complexity index is 919. The molecule has 27 heavy (non-hydrogen) atoms. The summed E-state index contributed by atoms with van der Waals surface area (Å²) in [6.45, 7) is 6.16. The second-order valence-electron chi connectivity index (χ2n) is 6.47. The first-order valence-electron chi connectivity index (χ1n) is 8.84. The number of likely N-dealkylation sites (N-methyl/N-ethyl adjacent to an activating group) is 2. The molecule has 0 bridgehead atoms. The van der Waals surface area contributed by atoms with Crippen LogP contribution in [0, 0.1) is 6.92 Å². The molecule has 0 N–H and O–H groups in total. The highest BCUT2D eigenvalue weighted by atomic mass is 32.1. The molecule has 8 heteroatoms. The molecule has 0 saturated heterocycles. The van der Waals surface area contributed by atoms with Crippen molar-refractivity contribution in [3.05, 3.63) is 41.1 Å². The number of benzene rings is 1. The Balaban J connectivity index is 1.61. The van der Waals surface area contributed by atoms with Crippen molar-refractivity contribution < 1.29 is 13.9 Å². The summed E-state index contributed by atoms with van der Waals surface area (Å²) in [7, 11) is 3.96. The van der Waals surface area contributed by atoms with Crippen LogP contribution < -0.4 is 4.74 Å². The van der Waals surface area contributed by atoms with Crippen LogP contribution in [0.4, 0.5) is 0 Å². The molecule has 144 valence electrons. The molecule has 2 aromatic heterocycles. The molecule has 0 fully saturated rings. The molecule has 0 unspecified atom stereocenters. The van der Waals surface area contributed by atoms with Crippen LogP contribution >= 0.6 is 11.3 Å². The van der Waals surface area contributed by atoms with Gasteiger partial charge in [0.15, 0.2) is 12.3 Å². The summed E-state index contributed by atoms with van der Waals surface area (Å²) < 4.78 is 12.3. The number of aromatic nitrogens is 2. The largest absolute Gasteiger partial charge is 0.484 e. The first-order chi connectivity index (χ1) is 13.0. The smallest absolute Gasteiger partial charge is 0.275 e. The first kappa shape index (κ1) is 19.3. The van der Waals surface area contributed by atoms with E-state index in [9.17, 15) is 4.79 Å². The minimum Gasteiger partial charge on any atom is -0.484 e. The Morgan fingerprint density at radius 3 is 2.81 bits per heavy atom. The predicted molar refractivity (Wildman–Crippen MR) is 105 cm³/mol. The molecule has 1 aromatic carbocycles. The van der Waals surface area contributed by atoms with E-state index in [1.165, 1.54) is 6.26 Å². The molecular weight excluding hydrogens is 364 g/mol. The zero-order valence-corrected chi connectivity index (χ0v) is 16.9. The van der Waals surface area contributed by atoms with Crippen molar-refractivity contribution in [2.75, 3.05) is 33.7 Å². The average Bonchev–Trinajstić information content (AvgIpc) is 3.25. The van der Waals surface area contributed by atoms with E-state index in [0.29, 0.717) is 30.4 Å². The van der Waals surface area contributed by atoms with Gasteiger partial charge in [-0.1, -0.05) is 0 Å². The number of nitrogens with zero attached hydrogens (tertiary/aromatic N) is 4. The average molecular weight is 388 g/mol. The fraction of sp³-hybridized carbons (Fsp3) is 0.421. The maximum atomic E-state index is 12.6. The van der Waals surface area contributed by atoms with Crippen molar-refractivity contribution in [2.24, 2.45) is 0 Å². The molecular formula is C19H24N4O3S. The van der Waals surface area contributed by atoms with Crippen LogP contribution in [0.15, 0.2) is 28.9 Å². The van der Waals surface area contributed by atoms with Crippen LogP contribution in [0.3, 0.4) is 0 Å². The minimum atomic E-state index is -0.131. The van der Waals surface area contributed by atoms with E-state index in [1.54, 1.807) is 16.2 Å². The van der Waals surface area contributed by atoms with Gasteiger partial charge in [0, 0.05) is 25.7 Å². The minimum absolute atomic E-state index is 0.131. The van der Waals surface area contributed by atoms with E-state index in [0.717, 1.165) is 21.8 Å². The maximum absolute atomic E-state index is 12.6. The lowest BCUT2D eigenvalue weighted by Crippen LogP contribution is -2.36. The lowest BCUT2D eigenvalue weighted by molar-refractivity contribution is 0.0748. The van der Waals surface area contributed by atoms with Crippen molar-refractivity contribution in [1.82, 2.24) is 19.8 Å². The lowest BCUT2D eigenvalue weighted by atomic mass is 10.3. The van der Waals surface area contributed by atoms with Gasteiger partial charge in [-0.2, -0.15) is 0 Å². The Morgan fingerprint density at radius 2 is 2.07 bits per heavy atom. The Hall–Kier alpha value is -2.45. The SMILES string of the molecule is CCN(CCN(C)C)C(=O)c1coc(COc2ccc3sc(C)nc3c2)n1. The fourth-order valence-corrected chi connectivity index (χ4v) is 3.43. The number of carbonyl (C=O) groups is 1. The van der Waals surface area contributed by atoms with Gasteiger partial charge >= 0.3 is 0 Å². The lowest BCUT2D eigenvalue weighted by Gasteiger charge is -2.21. The number of aryl methyl sites for hydroxylation is 1. The molecule has 2 heterocycles. The van der Waals surface area contributed by atoms with Crippen LogP contribution in [0.5, 0.6) is 5.75 Å². The molecule has 0 atom stereocenters. The third-order valence-corrected chi connectivity index (χ3v) is 5.04. The molecule has 7 nitrogen and oxygen atoms in total. The molecule has 3 aromatic rings. The molecule has 0 saturated carbocycles. The number of rotatable bonds is 8. The Kier molecular flexibility index (Phi) is 6.08. The standard InChI is InChI=1S/C19H24N4O3S/c1-5-23(9-8-22(3)4)19(24)16-11-26-18(21-16)12-25-14-6-7-17-15(10-14)20-13(2)27-17/h6-7,10-11H,5,8-9,12H2,1-4H3. The van der Waals surface area contributed by atoms with E-state index in [-0.39, 0.29) is 12.5 Å². The highest BCUT2D eigenvalue weighted by Crippen LogP contribution is 2.26. The van der Waals surface area contributed by atoms with E-state index in [1.807, 2.05) is 51.0 Å². The van der Waals surface area contributed by atoms with Crippen molar-refractivity contribution in [1.29, 1.82) is 0 Å². The number of thiazole rings is 1. The van der Waals surface area contributed by atoms with Gasteiger partial charge in [-0.25, -0.2) is 9.97 Å². The van der Waals surface area contributed by atoms with Crippen LogP contribution in [-0.4, -0.2) is 59.4 Å². The summed E-state index contributed by atoms with van der Waals surface area (Å²) in [5, 5.41) is 1.02. The summed E-state index contributed by atoms with van der Waals surface area (Å²) in [6.07, 6.45) is 1.40. The second kappa shape index (κ2) is 8.49. The second-order valence-corrected chi connectivity index (χ2v) is 7.70. The van der Waals surface area contributed by atoms with Gasteiger partial charge in [-0.15, -0.1) is 11.3 Å². The van der Waals surface area contributed by atoms with Crippen LogP contribution in [-0.2, 0) is 6.61 Å². The molecule has 1 amide bonds. The van der Waals surface area contributed by atoms with Crippen molar-refractivity contribution >= 4 is 27.5 Å². The summed E-state index contributed by atoms with van der Waals surface area (Å²) >= 11 is 1.65. The fourth-order valence-electron chi connectivity index (χ4n) is 2.62. The number of oxazole rings is 1. The highest BCUT2D eigenvalue weighted by Gasteiger charge is 2.18. The third-order valence-electron chi connectivity index (χ3n) is 4.09. The van der Waals surface area contributed by atoms with E-state index in [2.05, 4.69) is 9.97 Å². The van der Waals surface area contributed by atoms with E-state index in [4.69, 9.17) is 9.15 Å². The number of fused-ring (bicyclic) bond motifs is 1. The van der Waals surface area contributed by atoms with Crippen LogP contribution in [0.2, 0.25) is 0 Å². The summed E-state index contributed by atoms with van der Waals surface area (Å²) in [4.78, 5) is 25.1. The molecule has 0 aliphatic rings. The zero-order valence-electron chi connectivity index (χ0n) is 16.1. The monoisotopic (exact) mass is 388 g/mol.